The van der Waals surface area contributed by atoms with Gasteiger partial charge in [-0.3, -0.25) is 0 Å². The number of hydrogen-bond acceptors (Lipinski definition) is 5. The topological polar surface area (TPSA) is 79.5 Å². The normalized spacial score (nSPS) is 20.3. The van der Waals surface area contributed by atoms with Gasteiger partial charge < -0.3 is 15.4 Å². The number of benzene rings is 2. The molecule has 7 heteroatoms. The fraction of sp³-hybridized carbons (Fsp3) is 0.478. The fourth-order valence-corrected chi connectivity index (χ4v) is 5.73. The molecule has 2 aromatic rings. The molecule has 6 nitrogen and oxygen atoms in total. The van der Waals surface area contributed by atoms with E-state index in [1.165, 1.54) is 5.56 Å². The van der Waals surface area contributed by atoms with E-state index in [0.29, 0.717) is 24.0 Å². The lowest BCUT2D eigenvalue weighted by Crippen LogP contribution is -2.53. The molecule has 2 aromatic carbocycles. The minimum absolute atomic E-state index is 0.0799. The van der Waals surface area contributed by atoms with E-state index in [1.54, 1.807) is 12.1 Å². The first-order valence-electron chi connectivity index (χ1n) is 10.6. The highest BCUT2D eigenvalue weighted by Crippen LogP contribution is 2.35. The quantitative estimate of drug-likeness (QED) is 0.631. The summed E-state index contributed by atoms with van der Waals surface area (Å²) in [7, 11) is -3.56. The van der Waals surface area contributed by atoms with Gasteiger partial charge in [0.15, 0.2) is 0 Å². The number of anilines is 1. The van der Waals surface area contributed by atoms with Crippen LogP contribution in [-0.2, 0) is 20.3 Å². The molecule has 2 aliphatic rings. The second-order valence-corrected chi connectivity index (χ2v) is 10.3. The average molecular weight is 430 g/mol. The number of hydrogen-bond donors (Lipinski definition) is 3. The molecule has 2 fully saturated rings. The molecule has 0 saturated carbocycles. The van der Waals surface area contributed by atoms with Crippen molar-refractivity contribution in [3.05, 3.63) is 59.7 Å². The van der Waals surface area contributed by atoms with Crippen molar-refractivity contribution in [3.8, 4) is 0 Å². The van der Waals surface area contributed by atoms with E-state index in [1.807, 2.05) is 38.1 Å². The van der Waals surface area contributed by atoms with Crippen LogP contribution in [-0.4, -0.2) is 40.8 Å². The zero-order valence-corrected chi connectivity index (χ0v) is 18.5. The van der Waals surface area contributed by atoms with Gasteiger partial charge in [-0.15, -0.1) is 0 Å². The Bertz CT molecular complexity index is 968. The van der Waals surface area contributed by atoms with Crippen LogP contribution in [0.1, 0.15) is 30.9 Å². The Kier molecular flexibility index (Phi) is 6.16. The molecule has 0 aliphatic carbocycles. The first kappa shape index (κ1) is 21.3. The number of piperidine rings is 1. The van der Waals surface area contributed by atoms with Gasteiger partial charge in [0.1, 0.15) is 5.54 Å². The first-order chi connectivity index (χ1) is 14.4. The van der Waals surface area contributed by atoms with Crippen molar-refractivity contribution < 1.29 is 13.2 Å². The summed E-state index contributed by atoms with van der Waals surface area (Å²) < 4.78 is 34.3. The molecule has 1 unspecified atom stereocenters. The van der Waals surface area contributed by atoms with Crippen LogP contribution in [0.4, 0.5) is 5.69 Å². The van der Waals surface area contributed by atoms with Gasteiger partial charge in [0.05, 0.1) is 18.1 Å². The number of rotatable bonds is 7. The summed E-state index contributed by atoms with van der Waals surface area (Å²) in [5.74, 6) is 0.368. The van der Waals surface area contributed by atoms with E-state index < -0.39 is 10.0 Å². The summed E-state index contributed by atoms with van der Waals surface area (Å²) >= 11 is 0. The summed E-state index contributed by atoms with van der Waals surface area (Å²) in [6, 6.07) is 15.4. The van der Waals surface area contributed by atoms with Gasteiger partial charge in [-0.1, -0.05) is 30.3 Å². The highest BCUT2D eigenvalue weighted by Gasteiger charge is 2.40. The predicted molar refractivity (Wildman–Crippen MR) is 119 cm³/mol. The van der Waals surface area contributed by atoms with Gasteiger partial charge in [-0.2, -0.15) is 0 Å². The van der Waals surface area contributed by atoms with Gasteiger partial charge in [-0.25, -0.2) is 13.1 Å². The SMILES string of the molecule is Cc1cc(S(=O)(=O)NC(C)C2CCNCC2)ccc1NC1(c2ccccc2)COC1. The molecule has 162 valence electrons. The smallest absolute Gasteiger partial charge is 0.240 e. The molecule has 0 amide bonds. The van der Waals surface area contributed by atoms with Crippen LogP contribution in [0.25, 0.3) is 0 Å². The Hall–Kier alpha value is -1.93. The van der Waals surface area contributed by atoms with Gasteiger partial charge in [0.25, 0.3) is 0 Å². The van der Waals surface area contributed by atoms with Crippen molar-refractivity contribution in [1.82, 2.24) is 10.0 Å². The summed E-state index contributed by atoms with van der Waals surface area (Å²) in [6.07, 6.45) is 1.99. The lowest BCUT2D eigenvalue weighted by molar-refractivity contribution is -0.0447. The summed E-state index contributed by atoms with van der Waals surface area (Å²) in [4.78, 5) is 0.310. The third-order valence-electron chi connectivity index (χ3n) is 6.34. The van der Waals surface area contributed by atoms with Gasteiger partial charge >= 0.3 is 0 Å². The van der Waals surface area contributed by atoms with Crippen LogP contribution in [0.2, 0.25) is 0 Å². The Labute approximate surface area is 179 Å². The molecule has 0 aromatic heterocycles. The van der Waals surface area contributed by atoms with Crippen LogP contribution < -0.4 is 15.4 Å². The Morgan fingerprint density at radius 2 is 1.80 bits per heavy atom. The van der Waals surface area contributed by atoms with E-state index in [2.05, 4.69) is 27.5 Å². The molecule has 30 heavy (non-hydrogen) atoms. The van der Waals surface area contributed by atoms with E-state index in [9.17, 15) is 8.42 Å². The van der Waals surface area contributed by atoms with Crippen molar-refractivity contribution in [2.24, 2.45) is 5.92 Å². The van der Waals surface area contributed by atoms with Crippen molar-refractivity contribution in [2.75, 3.05) is 31.6 Å². The Morgan fingerprint density at radius 3 is 2.40 bits per heavy atom. The van der Waals surface area contributed by atoms with Crippen molar-refractivity contribution in [2.45, 2.75) is 43.2 Å². The molecule has 0 spiro atoms. The third-order valence-corrected chi connectivity index (χ3v) is 7.89. The lowest BCUT2D eigenvalue weighted by Gasteiger charge is -2.43. The van der Waals surface area contributed by atoms with E-state index in [4.69, 9.17) is 4.74 Å². The predicted octanol–water partition coefficient (Wildman–Crippen LogP) is 3.00. The lowest BCUT2D eigenvalue weighted by atomic mass is 9.87. The maximum absolute atomic E-state index is 13.0. The second-order valence-electron chi connectivity index (χ2n) is 8.54. The molecule has 1 atom stereocenters. The van der Waals surface area contributed by atoms with Crippen molar-refractivity contribution >= 4 is 15.7 Å². The molecule has 2 heterocycles. The molecule has 2 aliphatic heterocycles. The summed E-state index contributed by atoms with van der Waals surface area (Å²) in [5.41, 5.74) is 2.72. The molecule has 4 rings (SSSR count). The zero-order valence-electron chi connectivity index (χ0n) is 17.6. The van der Waals surface area contributed by atoms with Gasteiger partial charge in [0, 0.05) is 11.7 Å². The standard InChI is InChI=1S/C23H31N3O3S/c1-17-14-21(30(27,28)26-18(2)19-10-12-24-13-11-19)8-9-22(17)25-23(15-29-16-23)20-6-4-3-5-7-20/h3-9,14,18-19,24-26H,10-13,15-16H2,1-2H3. The highest BCUT2D eigenvalue weighted by atomic mass is 32.2. The summed E-state index contributed by atoms with van der Waals surface area (Å²) in [6.45, 7) is 6.98. The van der Waals surface area contributed by atoms with Crippen molar-refractivity contribution in [1.29, 1.82) is 0 Å². The summed E-state index contributed by atoms with van der Waals surface area (Å²) in [5, 5.41) is 6.93. The maximum Gasteiger partial charge on any atom is 0.240 e. The number of aryl methyl sites for hydroxylation is 1. The third kappa shape index (κ3) is 4.39. The molecular formula is C23H31N3O3S. The number of ether oxygens (including phenoxy) is 1. The number of nitrogens with one attached hydrogen (secondary N) is 3. The number of sulfonamides is 1. The van der Waals surface area contributed by atoms with Gasteiger partial charge in [0.2, 0.25) is 10.0 Å². The van der Waals surface area contributed by atoms with Crippen LogP contribution in [0, 0.1) is 12.8 Å². The molecule has 2 saturated heterocycles. The Balaban J connectivity index is 1.50. The van der Waals surface area contributed by atoms with Crippen LogP contribution >= 0.6 is 0 Å². The van der Waals surface area contributed by atoms with Crippen LogP contribution in [0.15, 0.2) is 53.4 Å². The Morgan fingerprint density at radius 1 is 1.10 bits per heavy atom. The highest BCUT2D eigenvalue weighted by molar-refractivity contribution is 7.89. The zero-order chi connectivity index (χ0) is 21.2. The maximum atomic E-state index is 13.0. The molecule has 0 radical (unpaired) electrons. The van der Waals surface area contributed by atoms with Gasteiger partial charge in [-0.05, 0) is 75.0 Å². The average Bonchev–Trinajstić information content (AvgIpc) is 2.72. The van der Waals surface area contributed by atoms with E-state index in [0.717, 1.165) is 37.2 Å². The molecular weight excluding hydrogens is 398 g/mol. The first-order valence-corrected chi connectivity index (χ1v) is 12.1. The van der Waals surface area contributed by atoms with E-state index in [-0.39, 0.29) is 11.6 Å². The largest absolute Gasteiger partial charge is 0.376 e. The fourth-order valence-electron chi connectivity index (χ4n) is 4.33. The second kappa shape index (κ2) is 8.67. The minimum Gasteiger partial charge on any atom is -0.376 e. The van der Waals surface area contributed by atoms with Crippen molar-refractivity contribution in [3.63, 3.8) is 0 Å². The molecule has 0 bridgehead atoms. The van der Waals surface area contributed by atoms with Crippen LogP contribution in [0.5, 0.6) is 0 Å². The van der Waals surface area contributed by atoms with E-state index >= 15 is 0 Å². The van der Waals surface area contributed by atoms with Crippen LogP contribution in [0.3, 0.4) is 0 Å². The minimum atomic E-state index is -3.56. The molecule has 3 N–H and O–H groups in total. The monoisotopic (exact) mass is 429 g/mol.